The van der Waals surface area contributed by atoms with Crippen molar-refractivity contribution in [1.82, 2.24) is 4.90 Å². The summed E-state index contributed by atoms with van der Waals surface area (Å²) in [5.41, 5.74) is 7.35. The van der Waals surface area contributed by atoms with Crippen molar-refractivity contribution in [3.8, 4) is 0 Å². The Morgan fingerprint density at radius 1 is 1.20 bits per heavy atom. The largest absolute Gasteiger partial charge is 0.368 e. The molecule has 1 amide bonds. The standard InChI is InChI=1S/C21H25N3O/c1-17(19-11-6-3-7-12-19)23-16-21(20(22)25)13-8-14-24(21)15-18-9-4-2-5-10-18/h2-7,9-12,16-17H,8,13-15H2,1H3,(H2,22,25). The van der Waals surface area contributed by atoms with Gasteiger partial charge in [-0.05, 0) is 37.4 Å². The molecule has 1 fully saturated rings. The first-order chi connectivity index (χ1) is 12.1. The summed E-state index contributed by atoms with van der Waals surface area (Å²) in [6.45, 7) is 3.59. The minimum Gasteiger partial charge on any atom is -0.368 e. The number of nitrogens with zero attached hydrogens (tertiary/aromatic N) is 2. The van der Waals surface area contributed by atoms with Gasteiger partial charge < -0.3 is 5.73 Å². The number of carbonyl (C=O) groups is 1. The molecule has 0 saturated carbocycles. The van der Waals surface area contributed by atoms with Crippen molar-refractivity contribution in [2.75, 3.05) is 6.54 Å². The number of rotatable bonds is 6. The Morgan fingerprint density at radius 3 is 2.48 bits per heavy atom. The average Bonchev–Trinajstić information content (AvgIpc) is 3.05. The molecule has 2 aromatic rings. The third kappa shape index (κ3) is 3.80. The monoisotopic (exact) mass is 335 g/mol. The van der Waals surface area contributed by atoms with Gasteiger partial charge in [0.2, 0.25) is 5.91 Å². The van der Waals surface area contributed by atoms with Gasteiger partial charge >= 0.3 is 0 Å². The zero-order chi connectivity index (χ0) is 17.7. The smallest absolute Gasteiger partial charge is 0.243 e. The maximum atomic E-state index is 12.4. The van der Waals surface area contributed by atoms with Crippen LogP contribution < -0.4 is 5.73 Å². The molecule has 2 unspecified atom stereocenters. The highest BCUT2D eigenvalue weighted by molar-refractivity contribution is 6.02. The molecule has 2 aromatic carbocycles. The van der Waals surface area contributed by atoms with Crippen molar-refractivity contribution in [1.29, 1.82) is 0 Å². The van der Waals surface area contributed by atoms with E-state index in [0.29, 0.717) is 6.54 Å². The van der Waals surface area contributed by atoms with E-state index in [2.05, 4.69) is 29.2 Å². The summed E-state index contributed by atoms with van der Waals surface area (Å²) in [5, 5.41) is 0. The first-order valence-electron chi connectivity index (χ1n) is 8.80. The molecule has 4 nitrogen and oxygen atoms in total. The van der Waals surface area contributed by atoms with Crippen LogP contribution in [0.2, 0.25) is 0 Å². The van der Waals surface area contributed by atoms with Gasteiger partial charge in [0.25, 0.3) is 0 Å². The maximum Gasteiger partial charge on any atom is 0.243 e. The normalized spacial score (nSPS) is 22.3. The van der Waals surface area contributed by atoms with E-state index in [1.54, 1.807) is 6.21 Å². The second-order valence-electron chi connectivity index (χ2n) is 6.66. The van der Waals surface area contributed by atoms with Crippen LogP contribution in [-0.4, -0.2) is 29.1 Å². The molecule has 4 heteroatoms. The van der Waals surface area contributed by atoms with E-state index >= 15 is 0 Å². The lowest BCUT2D eigenvalue weighted by Crippen LogP contribution is -2.54. The summed E-state index contributed by atoms with van der Waals surface area (Å²) in [6.07, 6.45) is 3.46. The molecule has 1 heterocycles. The van der Waals surface area contributed by atoms with Gasteiger partial charge in [-0.2, -0.15) is 0 Å². The summed E-state index contributed by atoms with van der Waals surface area (Å²) in [4.78, 5) is 19.2. The number of hydrogen-bond acceptors (Lipinski definition) is 3. The second-order valence-corrected chi connectivity index (χ2v) is 6.66. The SMILES string of the molecule is CC(N=CC1(C(N)=O)CCCN1Cc1ccccc1)c1ccccc1. The number of carbonyl (C=O) groups excluding carboxylic acids is 1. The van der Waals surface area contributed by atoms with Gasteiger partial charge in [0.15, 0.2) is 0 Å². The molecule has 1 saturated heterocycles. The zero-order valence-electron chi connectivity index (χ0n) is 14.6. The van der Waals surface area contributed by atoms with E-state index in [0.717, 1.165) is 24.9 Å². The van der Waals surface area contributed by atoms with Crippen molar-refractivity contribution in [3.63, 3.8) is 0 Å². The molecule has 0 aliphatic carbocycles. The van der Waals surface area contributed by atoms with Crippen molar-refractivity contribution >= 4 is 12.1 Å². The second kappa shape index (κ2) is 7.62. The van der Waals surface area contributed by atoms with Crippen LogP contribution in [0, 0.1) is 0 Å². The molecule has 0 bridgehead atoms. The molecule has 1 aliphatic heterocycles. The third-order valence-corrected chi connectivity index (χ3v) is 4.99. The van der Waals surface area contributed by atoms with Crippen LogP contribution in [0.1, 0.15) is 36.9 Å². The quantitative estimate of drug-likeness (QED) is 0.823. The number of aliphatic imine (C=N–C) groups is 1. The summed E-state index contributed by atoms with van der Waals surface area (Å²) in [6, 6.07) is 20.3. The Balaban J connectivity index is 1.82. The van der Waals surface area contributed by atoms with E-state index < -0.39 is 5.54 Å². The molecule has 2 atom stereocenters. The minimum atomic E-state index is -0.793. The van der Waals surface area contributed by atoms with Crippen LogP contribution in [0.5, 0.6) is 0 Å². The zero-order valence-corrected chi connectivity index (χ0v) is 14.6. The average molecular weight is 335 g/mol. The molecule has 0 radical (unpaired) electrons. The Kier molecular flexibility index (Phi) is 5.29. The van der Waals surface area contributed by atoms with Crippen LogP contribution in [-0.2, 0) is 11.3 Å². The van der Waals surface area contributed by atoms with Gasteiger partial charge in [0.05, 0.1) is 6.04 Å². The van der Waals surface area contributed by atoms with Crippen LogP contribution in [0.4, 0.5) is 0 Å². The van der Waals surface area contributed by atoms with Crippen molar-refractivity contribution < 1.29 is 4.79 Å². The summed E-state index contributed by atoms with van der Waals surface area (Å²) in [7, 11) is 0. The Hall–Kier alpha value is -2.46. The maximum absolute atomic E-state index is 12.4. The van der Waals surface area contributed by atoms with E-state index in [1.165, 1.54) is 5.56 Å². The van der Waals surface area contributed by atoms with Crippen LogP contribution >= 0.6 is 0 Å². The highest BCUT2D eigenvalue weighted by atomic mass is 16.1. The van der Waals surface area contributed by atoms with Crippen molar-refractivity contribution in [2.45, 2.75) is 37.9 Å². The molecule has 25 heavy (non-hydrogen) atoms. The Morgan fingerprint density at radius 2 is 1.84 bits per heavy atom. The highest BCUT2D eigenvalue weighted by Crippen LogP contribution is 2.30. The fourth-order valence-corrected chi connectivity index (χ4v) is 3.46. The summed E-state index contributed by atoms with van der Waals surface area (Å²) in [5.74, 6) is -0.315. The lowest BCUT2D eigenvalue weighted by molar-refractivity contribution is -0.124. The number of primary amides is 1. The van der Waals surface area contributed by atoms with Gasteiger partial charge in [-0.25, -0.2) is 0 Å². The van der Waals surface area contributed by atoms with Crippen LogP contribution in [0.25, 0.3) is 0 Å². The highest BCUT2D eigenvalue weighted by Gasteiger charge is 2.44. The first-order valence-corrected chi connectivity index (χ1v) is 8.80. The van der Waals surface area contributed by atoms with Gasteiger partial charge in [-0.15, -0.1) is 0 Å². The van der Waals surface area contributed by atoms with Gasteiger partial charge in [-0.3, -0.25) is 14.7 Å². The van der Waals surface area contributed by atoms with E-state index in [-0.39, 0.29) is 11.9 Å². The predicted octanol–water partition coefficient (Wildman–Crippen LogP) is 3.34. The van der Waals surface area contributed by atoms with Crippen molar-refractivity contribution in [2.24, 2.45) is 10.7 Å². The van der Waals surface area contributed by atoms with E-state index in [1.807, 2.05) is 43.3 Å². The van der Waals surface area contributed by atoms with Crippen LogP contribution in [0.3, 0.4) is 0 Å². The van der Waals surface area contributed by atoms with Crippen LogP contribution in [0.15, 0.2) is 65.7 Å². The number of amides is 1. The lowest BCUT2D eigenvalue weighted by atomic mass is 9.95. The fourth-order valence-electron chi connectivity index (χ4n) is 3.46. The topological polar surface area (TPSA) is 58.7 Å². The Labute approximate surface area is 149 Å². The summed E-state index contributed by atoms with van der Waals surface area (Å²) >= 11 is 0. The summed E-state index contributed by atoms with van der Waals surface area (Å²) < 4.78 is 0. The van der Waals surface area contributed by atoms with Crippen molar-refractivity contribution in [3.05, 3.63) is 71.8 Å². The molecule has 1 aliphatic rings. The molecular weight excluding hydrogens is 310 g/mol. The molecule has 130 valence electrons. The number of nitrogens with two attached hydrogens (primary N) is 1. The number of benzene rings is 2. The lowest BCUT2D eigenvalue weighted by Gasteiger charge is -2.32. The first kappa shape index (κ1) is 17.4. The van der Waals surface area contributed by atoms with E-state index in [9.17, 15) is 4.79 Å². The number of likely N-dealkylation sites (tertiary alicyclic amines) is 1. The molecule has 2 N–H and O–H groups in total. The minimum absolute atomic E-state index is 0.00315. The van der Waals surface area contributed by atoms with E-state index in [4.69, 9.17) is 10.7 Å². The van der Waals surface area contributed by atoms with Gasteiger partial charge in [0, 0.05) is 12.8 Å². The van der Waals surface area contributed by atoms with Gasteiger partial charge in [0.1, 0.15) is 5.54 Å². The molecule has 0 aromatic heterocycles. The predicted molar refractivity (Wildman–Crippen MR) is 101 cm³/mol. The van der Waals surface area contributed by atoms with Gasteiger partial charge in [-0.1, -0.05) is 60.7 Å². The Bertz CT molecular complexity index is 729. The molecule has 3 rings (SSSR count). The number of hydrogen-bond donors (Lipinski definition) is 1. The molecule has 0 spiro atoms. The third-order valence-electron chi connectivity index (χ3n) is 4.99. The molecular formula is C21H25N3O. The fraction of sp³-hybridized carbons (Fsp3) is 0.333.